The maximum absolute atomic E-state index is 13.4. The Kier molecular flexibility index (Phi) is 4.04. The van der Waals surface area contributed by atoms with E-state index in [1.54, 1.807) is 10.9 Å². The van der Waals surface area contributed by atoms with Crippen molar-refractivity contribution in [3.63, 3.8) is 0 Å². The Labute approximate surface area is 104 Å². The molecule has 0 atom stereocenters. The molecule has 1 aromatic heterocycles. The van der Waals surface area contributed by atoms with Gasteiger partial charge in [-0.25, -0.2) is 8.78 Å². The van der Waals surface area contributed by atoms with Crippen LogP contribution in [-0.2, 0) is 13.1 Å². The van der Waals surface area contributed by atoms with Crippen LogP contribution in [0.3, 0.4) is 0 Å². The van der Waals surface area contributed by atoms with E-state index in [0.717, 1.165) is 24.4 Å². The van der Waals surface area contributed by atoms with E-state index in [-0.39, 0.29) is 6.54 Å². The van der Waals surface area contributed by atoms with Gasteiger partial charge in [0.1, 0.15) is 11.6 Å². The van der Waals surface area contributed by atoms with Crippen molar-refractivity contribution in [1.29, 1.82) is 0 Å². The molecule has 2 rings (SSSR count). The van der Waals surface area contributed by atoms with Crippen LogP contribution in [0.1, 0.15) is 18.2 Å². The van der Waals surface area contributed by atoms with E-state index in [2.05, 4.69) is 10.4 Å². The Morgan fingerprint density at radius 2 is 2.11 bits per heavy atom. The predicted octanol–water partition coefficient (Wildman–Crippen LogP) is 2.32. The number of nitrogens with one attached hydrogen (secondary N) is 1. The van der Waals surface area contributed by atoms with Crippen molar-refractivity contribution in [2.75, 3.05) is 6.54 Å². The number of aromatic nitrogens is 2. The normalized spacial score (nSPS) is 10.8. The van der Waals surface area contributed by atoms with E-state index in [1.807, 2.05) is 13.0 Å². The molecule has 18 heavy (non-hydrogen) atoms. The molecule has 0 amide bonds. The fraction of sp³-hybridized carbons (Fsp3) is 0.308. The van der Waals surface area contributed by atoms with Gasteiger partial charge in [-0.1, -0.05) is 6.92 Å². The number of benzene rings is 1. The van der Waals surface area contributed by atoms with Crippen LogP contribution < -0.4 is 5.32 Å². The molecule has 0 radical (unpaired) electrons. The minimum Gasteiger partial charge on any atom is -0.311 e. The van der Waals surface area contributed by atoms with Crippen LogP contribution in [0.15, 0.2) is 30.5 Å². The highest BCUT2D eigenvalue weighted by molar-refractivity contribution is 5.19. The molecule has 0 unspecified atom stereocenters. The molecule has 0 aliphatic rings. The smallest absolute Gasteiger partial charge is 0.128 e. The minimum atomic E-state index is -0.438. The van der Waals surface area contributed by atoms with Crippen LogP contribution in [0.2, 0.25) is 0 Å². The van der Waals surface area contributed by atoms with Crippen LogP contribution in [0.5, 0.6) is 0 Å². The fourth-order valence-electron chi connectivity index (χ4n) is 1.68. The lowest BCUT2D eigenvalue weighted by molar-refractivity contribution is 0.563. The van der Waals surface area contributed by atoms with Crippen molar-refractivity contribution < 1.29 is 8.78 Å². The fourth-order valence-corrected chi connectivity index (χ4v) is 1.68. The van der Waals surface area contributed by atoms with Crippen molar-refractivity contribution in [2.45, 2.75) is 20.0 Å². The molecule has 0 fully saturated rings. The van der Waals surface area contributed by atoms with Gasteiger partial charge in [0.05, 0.1) is 12.2 Å². The van der Waals surface area contributed by atoms with Gasteiger partial charge in [0.15, 0.2) is 0 Å². The third kappa shape index (κ3) is 3.13. The maximum atomic E-state index is 13.4. The van der Waals surface area contributed by atoms with Gasteiger partial charge >= 0.3 is 0 Å². The molecule has 0 spiro atoms. The molecule has 1 N–H and O–H groups in total. The molecule has 1 heterocycles. The molecule has 2 aromatic rings. The Balaban J connectivity index is 2.08. The van der Waals surface area contributed by atoms with E-state index < -0.39 is 11.6 Å². The van der Waals surface area contributed by atoms with Gasteiger partial charge in [-0.05, 0) is 30.8 Å². The van der Waals surface area contributed by atoms with Crippen LogP contribution >= 0.6 is 0 Å². The molecule has 0 bridgehead atoms. The first-order valence-corrected chi connectivity index (χ1v) is 5.86. The predicted molar refractivity (Wildman–Crippen MR) is 65.1 cm³/mol. The quantitative estimate of drug-likeness (QED) is 0.883. The highest BCUT2D eigenvalue weighted by Gasteiger charge is 2.06. The van der Waals surface area contributed by atoms with Crippen molar-refractivity contribution in [1.82, 2.24) is 15.1 Å². The van der Waals surface area contributed by atoms with Crippen molar-refractivity contribution >= 4 is 0 Å². The summed E-state index contributed by atoms with van der Waals surface area (Å²) >= 11 is 0. The maximum Gasteiger partial charge on any atom is 0.128 e. The van der Waals surface area contributed by atoms with Crippen molar-refractivity contribution in [2.24, 2.45) is 0 Å². The van der Waals surface area contributed by atoms with E-state index >= 15 is 0 Å². The third-order valence-electron chi connectivity index (χ3n) is 2.59. The second kappa shape index (κ2) is 5.73. The summed E-state index contributed by atoms with van der Waals surface area (Å²) in [6.07, 6.45) is 1.76. The molecule has 96 valence electrons. The lowest BCUT2D eigenvalue weighted by atomic mass is 10.2. The first-order chi connectivity index (χ1) is 8.69. The summed E-state index contributed by atoms with van der Waals surface area (Å²) in [6, 6.07) is 5.30. The van der Waals surface area contributed by atoms with E-state index in [9.17, 15) is 8.78 Å². The second-order valence-corrected chi connectivity index (χ2v) is 4.02. The number of halogens is 2. The standard InChI is InChI=1S/C13H15F2N3/c1-2-16-8-12-5-6-18(17-12)9-10-7-11(14)3-4-13(10)15/h3-7,16H,2,8-9H2,1H3. The van der Waals surface area contributed by atoms with Gasteiger partial charge in [0, 0.05) is 18.3 Å². The average Bonchev–Trinajstić information content (AvgIpc) is 2.79. The van der Waals surface area contributed by atoms with E-state index in [4.69, 9.17) is 0 Å². The number of nitrogens with zero attached hydrogens (tertiary/aromatic N) is 2. The lowest BCUT2D eigenvalue weighted by Gasteiger charge is -2.04. The molecule has 0 aliphatic heterocycles. The van der Waals surface area contributed by atoms with Crippen LogP contribution in [0.4, 0.5) is 8.78 Å². The molecule has 0 saturated heterocycles. The third-order valence-corrected chi connectivity index (χ3v) is 2.59. The van der Waals surface area contributed by atoms with Gasteiger partial charge in [-0.3, -0.25) is 4.68 Å². The lowest BCUT2D eigenvalue weighted by Crippen LogP contribution is -2.12. The zero-order chi connectivity index (χ0) is 13.0. The molecular formula is C13H15F2N3. The largest absolute Gasteiger partial charge is 0.311 e. The Morgan fingerprint density at radius 1 is 1.28 bits per heavy atom. The topological polar surface area (TPSA) is 29.9 Å². The molecular weight excluding hydrogens is 236 g/mol. The highest BCUT2D eigenvalue weighted by atomic mass is 19.1. The molecule has 0 aliphatic carbocycles. The van der Waals surface area contributed by atoms with Crippen LogP contribution in [0, 0.1) is 11.6 Å². The van der Waals surface area contributed by atoms with E-state index in [1.165, 1.54) is 6.07 Å². The zero-order valence-corrected chi connectivity index (χ0v) is 10.2. The van der Waals surface area contributed by atoms with Gasteiger partial charge in [0.25, 0.3) is 0 Å². The second-order valence-electron chi connectivity index (χ2n) is 4.02. The van der Waals surface area contributed by atoms with E-state index in [0.29, 0.717) is 12.1 Å². The summed E-state index contributed by atoms with van der Waals surface area (Å²) in [5, 5.41) is 7.43. The minimum absolute atomic E-state index is 0.232. The Morgan fingerprint density at radius 3 is 2.89 bits per heavy atom. The number of rotatable bonds is 5. The van der Waals surface area contributed by atoms with Gasteiger partial charge in [0.2, 0.25) is 0 Å². The SMILES string of the molecule is CCNCc1ccn(Cc2cc(F)ccc2F)n1. The monoisotopic (exact) mass is 251 g/mol. The highest BCUT2D eigenvalue weighted by Crippen LogP contribution is 2.11. The summed E-state index contributed by atoms with van der Waals surface area (Å²) in [7, 11) is 0. The first-order valence-electron chi connectivity index (χ1n) is 5.86. The Hall–Kier alpha value is -1.75. The van der Waals surface area contributed by atoms with Gasteiger partial charge < -0.3 is 5.32 Å². The first kappa shape index (κ1) is 12.7. The van der Waals surface area contributed by atoms with Crippen LogP contribution in [0.25, 0.3) is 0 Å². The zero-order valence-electron chi connectivity index (χ0n) is 10.2. The Bertz CT molecular complexity index is 523. The molecule has 1 aromatic carbocycles. The summed E-state index contributed by atoms with van der Waals surface area (Å²) in [4.78, 5) is 0. The van der Waals surface area contributed by atoms with Gasteiger partial charge in [-0.2, -0.15) is 5.10 Å². The summed E-state index contributed by atoms with van der Waals surface area (Å²) in [6.45, 7) is 3.79. The molecule has 0 saturated carbocycles. The van der Waals surface area contributed by atoms with Crippen molar-refractivity contribution in [3.8, 4) is 0 Å². The number of hydrogen-bond donors (Lipinski definition) is 1. The summed E-state index contributed by atoms with van der Waals surface area (Å²) in [5.74, 6) is -0.855. The number of hydrogen-bond acceptors (Lipinski definition) is 2. The summed E-state index contributed by atoms with van der Waals surface area (Å²) in [5.41, 5.74) is 1.18. The van der Waals surface area contributed by atoms with Crippen molar-refractivity contribution in [3.05, 3.63) is 53.4 Å². The van der Waals surface area contributed by atoms with Crippen LogP contribution in [-0.4, -0.2) is 16.3 Å². The average molecular weight is 251 g/mol. The molecule has 3 nitrogen and oxygen atoms in total. The molecule has 5 heteroatoms. The van der Waals surface area contributed by atoms with Gasteiger partial charge in [-0.15, -0.1) is 0 Å². The summed E-state index contributed by atoms with van der Waals surface area (Å²) < 4.78 is 28.1.